The van der Waals surface area contributed by atoms with Crippen LogP contribution in [0.4, 0.5) is 13.2 Å². The van der Waals surface area contributed by atoms with Gasteiger partial charge in [-0.1, -0.05) is 0 Å². The molecule has 0 bridgehead atoms. The van der Waals surface area contributed by atoms with E-state index in [0.29, 0.717) is 5.52 Å². The number of carbonyl (C=O) groups excluding carboxylic acids is 1. The number of aromatic nitrogens is 3. The van der Waals surface area contributed by atoms with Crippen molar-refractivity contribution in [1.82, 2.24) is 19.9 Å². The summed E-state index contributed by atoms with van der Waals surface area (Å²) in [5.41, 5.74) is 0.638. The third-order valence-corrected chi connectivity index (χ3v) is 1.99. The number of nitrogens with one attached hydrogen (secondary N) is 1. The van der Waals surface area contributed by atoms with Gasteiger partial charge in [-0.25, -0.2) is 9.50 Å². The molecular weight excluding hydrogens is 237 g/mol. The van der Waals surface area contributed by atoms with Crippen LogP contribution in [0.1, 0.15) is 10.4 Å². The maximum atomic E-state index is 11.9. The SMILES string of the molecule is O=C(NCC(F)(F)F)c1cc2cncnn2c1. The summed E-state index contributed by atoms with van der Waals surface area (Å²) in [4.78, 5) is 15.1. The molecule has 2 rings (SSSR count). The van der Waals surface area contributed by atoms with Crippen molar-refractivity contribution in [1.29, 1.82) is 0 Å². The zero-order valence-corrected chi connectivity index (χ0v) is 8.40. The largest absolute Gasteiger partial charge is 0.405 e. The topological polar surface area (TPSA) is 59.3 Å². The van der Waals surface area contributed by atoms with Crippen LogP contribution in [0.25, 0.3) is 5.52 Å². The monoisotopic (exact) mass is 244 g/mol. The Morgan fingerprint density at radius 3 is 2.88 bits per heavy atom. The molecule has 0 saturated carbocycles. The number of hydrogen-bond acceptors (Lipinski definition) is 3. The van der Waals surface area contributed by atoms with Gasteiger partial charge < -0.3 is 5.32 Å². The predicted molar refractivity (Wildman–Crippen MR) is 51.4 cm³/mol. The van der Waals surface area contributed by atoms with Crippen molar-refractivity contribution in [2.45, 2.75) is 6.18 Å². The van der Waals surface area contributed by atoms with Crippen molar-refractivity contribution in [3.05, 3.63) is 30.4 Å². The Morgan fingerprint density at radius 1 is 1.47 bits per heavy atom. The molecule has 0 aromatic carbocycles. The molecule has 2 heterocycles. The quantitative estimate of drug-likeness (QED) is 0.858. The van der Waals surface area contributed by atoms with E-state index in [2.05, 4.69) is 10.1 Å². The van der Waals surface area contributed by atoms with Gasteiger partial charge in [0.25, 0.3) is 5.91 Å². The van der Waals surface area contributed by atoms with Gasteiger partial charge in [0.05, 0.1) is 17.3 Å². The smallest absolute Gasteiger partial charge is 0.343 e. The van der Waals surface area contributed by atoms with E-state index < -0.39 is 18.6 Å². The van der Waals surface area contributed by atoms with Gasteiger partial charge in [0.2, 0.25) is 0 Å². The molecule has 17 heavy (non-hydrogen) atoms. The van der Waals surface area contributed by atoms with Gasteiger partial charge in [-0.2, -0.15) is 18.3 Å². The number of hydrogen-bond donors (Lipinski definition) is 1. The lowest BCUT2D eigenvalue weighted by atomic mass is 10.3. The lowest BCUT2D eigenvalue weighted by molar-refractivity contribution is -0.123. The van der Waals surface area contributed by atoms with E-state index in [4.69, 9.17) is 0 Å². The lowest BCUT2D eigenvalue weighted by Crippen LogP contribution is -2.33. The first-order valence-corrected chi connectivity index (χ1v) is 4.59. The van der Waals surface area contributed by atoms with Gasteiger partial charge in [0.15, 0.2) is 0 Å². The van der Waals surface area contributed by atoms with Gasteiger partial charge in [-0.15, -0.1) is 0 Å². The van der Waals surface area contributed by atoms with Crippen LogP contribution in [0.2, 0.25) is 0 Å². The zero-order chi connectivity index (χ0) is 12.5. The molecular formula is C9H7F3N4O. The summed E-state index contributed by atoms with van der Waals surface area (Å²) in [5.74, 6) is -0.798. The highest BCUT2D eigenvalue weighted by Crippen LogP contribution is 2.13. The van der Waals surface area contributed by atoms with Crippen molar-refractivity contribution < 1.29 is 18.0 Å². The number of halogens is 3. The highest BCUT2D eigenvalue weighted by Gasteiger charge is 2.28. The highest BCUT2D eigenvalue weighted by atomic mass is 19.4. The summed E-state index contributed by atoms with van der Waals surface area (Å²) >= 11 is 0. The van der Waals surface area contributed by atoms with Crippen LogP contribution in [0.3, 0.4) is 0 Å². The number of rotatable bonds is 2. The Bertz CT molecular complexity index is 515. The van der Waals surface area contributed by atoms with Crippen molar-refractivity contribution in [2.24, 2.45) is 0 Å². The average molecular weight is 244 g/mol. The molecule has 0 fully saturated rings. The third-order valence-electron chi connectivity index (χ3n) is 1.99. The maximum Gasteiger partial charge on any atom is 0.405 e. The van der Waals surface area contributed by atoms with Crippen molar-refractivity contribution in [3.63, 3.8) is 0 Å². The first-order valence-electron chi connectivity index (χ1n) is 4.59. The summed E-state index contributed by atoms with van der Waals surface area (Å²) in [6.45, 7) is -1.36. The van der Waals surface area contributed by atoms with Crippen LogP contribution in [-0.4, -0.2) is 33.2 Å². The number of fused-ring (bicyclic) bond motifs is 1. The number of alkyl halides is 3. The van der Waals surface area contributed by atoms with Crippen molar-refractivity contribution in [3.8, 4) is 0 Å². The fourth-order valence-corrected chi connectivity index (χ4v) is 1.27. The molecule has 0 radical (unpaired) electrons. The van der Waals surface area contributed by atoms with Crippen molar-refractivity contribution >= 4 is 11.4 Å². The van der Waals surface area contributed by atoms with E-state index in [9.17, 15) is 18.0 Å². The lowest BCUT2D eigenvalue weighted by Gasteiger charge is -2.06. The van der Waals surface area contributed by atoms with Crippen LogP contribution >= 0.6 is 0 Å². The van der Waals surface area contributed by atoms with E-state index in [-0.39, 0.29) is 5.56 Å². The van der Waals surface area contributed by atoms with E-state index in [1.54, 1.807) is 5.32 Å². The van der Waals surface area contributed by atoms with Crippen LogP contribution in [0.5, 0.6) is 0 Å². The number of amides is 1. The van der Waals surface area contributed by atoms with Crippen LogP contribution in [0.15, 0.2) is 24.8 Å². The summed E-state index contributed by atoms with van der Waals surface area (Å²) in [6.07, 6.45) is -0.366. The van der Waals surface area contributed by atoms with E-state index in [1.807, 2.05) is 0 Å². The van der Waals surface area contributed by atoms with E-state index >= 15 is 0 Å². The van der Waals surface area contributed by atoms with Crippen LogP contribution < -0.4 is 5.32 Å². The summed E-state index contributed by atoms with van der Waals surface area (Å²) in [7, 11) is 0. The third kappa shape index (κ3) is 2.71. The standard InChI is InChI=1S/C9H7F3N4O/c10-9(11,12)4-14-8(17)6-1-7-2-13-5-15-16(7)3-6/h1-3,5H,4H2,(H,14,17). The molecule has 2 aromatic heterocycles. The second kappa shape index (κ2) is 4.04. The fourth-order valence-electron chi connectivity index (χ4n) is 1.27. The predicted octanol–water partition coefficient (Wildman–Crippen LogP) is 1.02. The van der Waals surface area contributed by atoms with Crippen LogP contribution in [-0.2, 0) is 0 Å². The molecule has 5 nitrogen and oxygen atoms in total. The zero-order valence-electron chi connectivity index (χ0n) is 8.40. The van der Waals surface area contributed by atoms with Gasteiger partial charge in [-0.05, 0) is 6.07 Å². The molecule has 0 saturated heterocycles. The Labute approximate surface area is 93.3 Å². The minimum Gasteiger partial charge on any atom is -0.343 e. The molecule has 0 aliphatic rings. The normalized spacial score (nSPS) is 11.7. The first-order chi connectivity index (χ1) is 7.96. The molecule has 8 heteroatoms. The Balaban J connectivity index is 2.14. The Morgan fingerprint density at radius 2 is 2.24 bits per heavy atom. The minimum atomic E-state index is -4.42. The fraction of sp³-hybridized carbons (Fsp3) is 0.222. The second-order valence-electron chi connectivity index (χ2n) is 3.31. The summed E-state index contributed by atoms with van der Waals surface area (Å²) < 4.78 is 37.0. The maximum absolute atomic E-state index is 11.9. The van der Waals surface area contributed by atoms with Gasteiger partial charge in [-0.3, -0.25) is 4.79 Å². The molecule has 0 unspecified atom stereocenters. The molecule has 0 aliphatic heterocycles. The first kappa shape index (κ1) is 11.4. The van der Waals surface area contributed by atoms with Gasteiger partial charge in [0, 0.05) is 6.20 Å². The highest BCUT2D eigenvalue weighted by molar-refractivity contribution is 5.95. The van der Waals surface area contributed by atoms with Gasteiger partial charge in [0.1, 0.15) is 12.9 Å². The number of carbonyl (C=O) groups is 1. The number of nitrogens with zero attached hydrogens (tertiary/aromatic N) is 3. The molecule has 0 aliphatic carbocycles. The molecule has 1 amide bonds. The second-order valence-corrected chi connectivity index (χ2v) is 3.31. The molecule has 0 atom stereocenters. The van der Waals surface area contributed by atoms with E-state index in [1.165, 1.54) is 29.3 Å². The molecule has 0 spiro atoms. The minimum absolute atomic E-state index is 0.106. The molecule has 90 valence electrons. The summed E-state index contributed by atoms with van der Waals surface area (Å²) in [5, 5.41) is 5.57. The van der Waals surface area contributed by atoms with Gasteiger partial charge >= 0.3 is 6.18 Å². The summed E-state index contributed by atoms with van der Waals surface area (Å²) in [6, 6.07) is 1.41. The van der Waals surface area contributed by atoms with Crippen molar-refractivity contribution in [2.75, 3.05) is 6.54 Å². The molecule has 2 aromatic rings. The molecule has 1 N–H and O–H groups in total. The van der Waals surface area contributed by atoms with Crippen LogP contribution in [0, 0.1) is 0 Å². The Kier molecular flexibility index (Phi) is 2.70. The average Bonchev–Trinajstić information content (AvgIpc) is 2.68. The van der Waals surface area contributed by atoms with E-state index in [0.717, 1.165) is 0 Å². The Hall–Kier alpha value is -2.12.